The molecule has 1 N–H and O–H groups in total. The first-order chi connectivity index (χ1) is 15.7. The molecule has 1 amide bonds. The Kier molecular flexibility index (Phi) is 5.71. The smallest absolute Gasteiger partial charge is 0.234 e. The van der Waals surface area contributed by atoms with Crippen molar-refractivity contribution in [1.82, 2.24) is 19.3 Å². The van der Waals surface area contributed by atoms with Crippen LogP contribution in [0.3, 0.4) is 0 Å². The normalized spacial score (nSPS) is 11.4. The van der Waals surface area contributed by atoms with Crippen LogP contribution in [0.2, 0.25) is 0 Å². The fourth-order valence-electron chi connectivity index (χ4n) is 4.07. The maximum Gasteiger partial charge on any atom is 0.234 e. The summed E-state index contributed by atoms with van der Waals surface area (Å²) in [6.45, 7) is 5.87. The first-order valence-electron chi connectivity index (χ1n) is 10.6. The number of rotatable bonds is 7. The van der Waals surface area contributed by atoms with E-state index in [2.05, 4.69) is 74.9 Å². The van der Waals surface area contributed by atoms with Gasteiger partial charge in [-0.1, -0.05) is 36.0 Å². The minimum absolute atomic E-state index is 0.0584. The zero-order valence-electron chi connectivity index (χ0n) is 17.9. The third-order valence-electron chi connectivity index (χ3n) is 5.48. The quantitative estimate of drug-likeness (QED) is 0.307. The molecule has 0 saturated heterocycles. The number of nitrogens with zero attached hydrogens (tertiary/aromatic N) is 4. The van der Waals surface area contributed by atoms with Gasteiger partial charge in [0.05, 0.1) is 10.6 Å². The van der Waals surface area contributed by atoms with E-state index >= 15 is 0 Å². The number of anilines is 1. The SMILES string of the molecule is CCn1c(SCC(=O)Nc2ccc3c(c2)c2ccccc2n3CC)nnc1-c1cccs1. The number of benzene rings is 2. The molecule has 0 unspecified atom stereocenters. The van der Waals surface area contributed by atoms with Crippen molar-refractivity contribution in [2.45, 2.75) is 32.1 Å². The molecule has 3 heterocycles. The summed E-state index contributed by atoms with van der Waals surface area (Å²) in [7, 11) is 0. The maximum absolute atomic E-state index is 12.7. The molecule has 0 aliphatic heterocycles. The lowest BCUT2D eigenvalue weighted by Gasteiger charge is -2.08. The molecule has 2 aromatic carbocycles. The number of aromatic nitrogens is 4. The van der Waals surface area contributed by atoms with E-state index in [0.717, 1.165) is 40.0 Å². The first kappa shape index (κ1) is 20.8. The number of amides is 1. The van der Waals surface area contributed by atoms with Gasteiger partial charge in [-0.25, -0.2) is 0 Å². The highest BCUT2D eigenvalue weighted by Crippen LogP contribution is 2.31. The van der Waals surface area contributed by atoms with Gasteiger partial charge in [0.1, 0.15) is 0 Å². The van der Waals surface area contributed by atoms with E-state index in [-0.39, 0.29) is 11.7 Å². The molecular formula is C24H23N5OS2. The van der Waals surface area contributed by atoms with Crippen LogP contribution in [0.15, 0.2) is 65.1 Å². The van der Waals surface area contributed by atoms with Crippen molar-refractivity contribution in [2.24, 2.45) is 0 Å². The molecule has 0 aliphatic rings. The fourth-order valence-corrected chi connectivity index (χ4v) is 5.59. The minimum atomic E-state index is -0.0584. The lowest BCUT2D eigenvalue weighted by Crippen LogP contribution is -2.14. The molecule has 0 radical (unpaired) electrons. The summed E-state index contributed by atoms with van der Waals surface area (Å²) in [6, 6.07) is 18.6. The summed E-state index contributed by atoms with van der Waals surface area (Å²) >= 11 is 3.05. The predicted octanol–water partition coefficient (Wildman–Crippen LogP) is 5.89. The molecule has 0 atom stereocenters. The van der Waals surface area contributed by atoms with Gasteiger partial charge >= 0.3 is 0 Å². The molecular weight excluding hydrogens is 438 g/mol. The van der Waals surface area contributed by atoms with E-state index in [0.29, 0.717) is 0 Å². The van der Waals surface area contributed by atoms with E-state index < -0.39 is 0 Å². The molecule has 0 spiro atoms. The van der Waals surface area contributed by atoms with Crippen LogP contribution >= 0.6 is 23.1 Å². The lowest BCUT2D eigenvalue weighted by molar-refractivity contribution is -0.113. The van der Waals surface area contributed by atoms with E-state index in [4.69, 9.17) is 0 Å². The average Bonchev–Trinajstić information content (AvgIpc) is 3.54. The van der Waals surface area contributed by atoms with Crippen molar-refractivity contribution < 1.29 is 4.79 Å². The number of fused-ring (bicyclic) bond motifs is 3. The largest absolute Gasteiger partial charge is 0.341 e. The van der Waals surface area contributed by atoms with Gasteiger partial charge in [-0.15, -0.1) is 21.5 Å². The standard InChI is InChI=1S/C24H23N5OS2/c1-3-28-19-9-6-5-8-17(19)18-14-16(11-12-20(18)28)25-22(30)15-32-24-27-26-23(29(24)4-2)21-10-7-13-31-21/h5-14H,3-4,15H2,1-2H3,(H,25,30). The summed E-state index contributed by atoms with van der Waals surface area (Å²) < 4.78 is 4.35. The number of nitrogens with one attached hydrogen (secondary N) is 1. The number of thioether (sulfide) groups is 1. The third-order valence-corrected chi connectivity index (χ3v) is 7.31. The Balaban J connectivity index is 1.33. The number of thiophene rings is 1. The van der Waals surface area contributed by atoms with Crippen LogP contribution in [-0.2, 0) is 17.9 Å². The Hall–Kier alpha value is -3.10. The maximum atomic E-state index is 12.7. The van der Waals surface area contributed by atoms with Gasteiger partial charge in [-0.2, -0.15) is 0 Å². The Labute approximate surface area is 194 Å². The van der Waals surface area contributed by atoms with Crippen LogP contribution in [0.5, 0.6) is 0 Å². The molecule has 0 saturated carbocycles. The van der Waals surface area contributed by atoms with Gasteiger partial charge in [0.2, 0.25) is 5.91 Å². The van der Waals surface area contributed by atoms with E-state index in [1.54, 1.807) is 11.3 Å². The summed E-state index contributed by atoms with van der Waals surface area (Å²) in [5.41, 5.74) is 3.20. The molecule has 5 aromatic rings. The van der Waals surface area contributed by atoms with Crippen LogP contribution in [0.1, 0.15) is 13.8 Å². The molecule has 0 bridgehead atoms. The van der Waals surface area contributed by atoms with Crippen molar-refractivity contribution in [2.75, 3.05) is 11.1 Å². The summed E-state index contributed by atoms with van der Waals surface area (Å²) in [5, 5.41) is 16.8. The van der Waals surface area contributed by atoms with Gasteiger partial charge in [-0.05, 0) is 49.6 Å². The molecule has 3 aromatic heterocycles. The van der Waals surface area contributed by atoms with E-state index in [1.165, 1.54) is 28.2 Å². The predicted molar refractivity (Wildman–Crippen MR) is 133 cm³/mol. The molecule has 0 fully saturated rings. The monoisotopic (exact) mass is 461 g/mol. The highest BCUT2D eigenvalue weighted by molar-refractivity contribution is 7.99. The zero-order valence-corrected chi connectivity index (χ0v) is 19.5. The Bertz CT molecular complexity index is 1400. The number of carbonyl (C=O) groups excluding carboxylic acids is 1. The summed E-state index contributed by atoms with van der Waals surface area (Å²) in [6.07, 6.45) is 0. The molecule has 32 heavy (non-hydrogen) atoms. The number of carbonyl (C=O) groups is 1. The van der Waals surface area contributed by atoms with Crippen molar-refractivity contribution in [3.8, 4) is 10.7 Å². The molecule has 8 heteroatoms. The Morgan fingerprint density at radius 2 is 1.78 bits per heavy atom. The van der Waals surface area contributed by atoms with Crippen LogP contribution in [0.25, 0.3) is 32.5 Å². The van der Waals surface area contributed by atoms with Crippen LogP contribution in [0, 0.1) is 0 Å². The Morgan fingerprint density at radius 3 is 2.56 bits per heavy atom. The topological polar surface area (TPSA) is 64.7 Å². The molecule has 0 aliphatic carbocycles. The second-order valence-electron chi connectivity index (χ2n) is 7.36. The average molecular weight is 462 g/mol. The van der Waals surface area contributed by atoms with Gasteiger partial charge in [0.25, 0.3) is 0 Å². The number of para-hydroxylation sites is 1. The highest BCUT2D eigenvalue weighted by Gasteiger charge is 2.16. The van der Waals surface area contributed by atoms with Crippen LogP contribution < -0.4 is 5.32 Å². The van der Waals surface area contributed by atoms with E-state index in [1.807, 2.05) is 23.6 Å². The molecule has 162 valence electrons. The van der Waals surface area contributed by atoms with Gasteiger partial charge in [-0.3, -0.25) is 4.79 Å². The van der Waals surface area contributed by atoms with Crippen LogP contribution in [0.4, 0.5) is 5.69 Å². The summed E-state index contributed by atoms with van der Waals surface area (Å²) in [4.78, 5) is 13.8. The van der Waals surface area contributed by atoms with Crippen molar-refractivity contribution in [3.05, 3.63) is 60.0 Å². The van der Waals surface area contributed by atoms with E-state index in [9.17, 15) is 4.79 Å². The van der Waals surface area contributed by atoms with Gasteiger partial charge in [0.15, 0.2) is 11.0 Å². The minimum Gasteiger partial charge on any atom is -0.341 e. The lowest BCUT2D eigenvalue weighted by atomic mass is 10.1. The van der Waals surface area contributed by atoms with Crippen molar-refractivity contribution in [3.63, 3.8) is 0 Å². The highest BCUT2D eigenvalue weighted by atomic mass is 32.2. The second kappa shape index (κ2) is 8.80. The van der Waals surface area contributed by atoms with Crippen molar-refractivity contribution in [1.29, 1.82) is 0 Å². The third kappa shape index (κ3) is 3.69. The fraction of sp³-hybridized carbons (Fsp3) is 0.208. The summed E-state index contributed by atoms with van der Waals surface area (Å²) in [5.74, 6) is 1.07. The first-order valence-corrected chi connectivity index (χ1v) is 12.5. The van der Waals surface area contributed by atoms with Crippen molar-refractivity contribution >= 4 is 56.5 Å². The van der Waals surface area contributed by atoms with Crippen LogP contribution in [-0.4, -0.2) is 31.0 Å². The number of hydrogen-bond donors (Lipinski definition) is 1. The Morgan fingerprint density at radius 1 is 0.969 bits per heavy atom. The van der Waals surface area contributed by atoms with Gasteiger partial charge in [0, 0.05) is 40.6 Å². The number of aryl methyl sites for hydroxylation is 1. The molecule has 6 nitrogen and oxygen atoms in total. The second-order valence-corrected chi connectivity index (χ2v) is 9.25. The number of hydrogen-bond acceptors (Lipinski definition) is 5. The zero-order chi connectivity index (χ0) is 22.1. The molecule has 5 rings (SSSR count). The van der Waals surface area contributed by atoms with Gasteiger partial charge < -0.3 is 14.5 Å².